The van der Waals surface area contributed by atoms with Crippen molar-refractivity contribution in [2.45, 2.75) is 50.7 Å². The zero-order valence-electron chi connectivity index (χ0n) is 9.56. The molecule has 15 heavy (non-hydrogen) atoms. The van der Waals surface area contributed by atoms with E-state index >= 15 is 0 Å². The average Bonchev–Trinajstić information content (AvgIpc) is 2.70. The van der Waals surface area contributed by atoms with Gasteiger partial charge in [-0.25, -0.2) is 0 Å². The fourth-order valence-corrected chi connectivity index (χ4v) is 3.24. The molecular weight excluding hydrogens is 186 g/mol. The van der Waals surface area contributed by atoms with Gasteiger partial charge in [0.25, 0.3) is 0 Å². The Kier molecular flexibility index (Phi) is 2.09. The van der Waals surface area contributed by atoms with Gasteiger partial charge >= 0.3 is 0 Å². The Morgan fingerprint density at radius 2 is 1.87 bits per heavy atom. The van der Waals surface area contributed by atoms with Crippen LogP contribution in [0.2, 0.25) is 0 Å². The zero-order chi connectivity index (χ0) is 10.4. The van der Waals surface area contributed by atoms with Crippen LogP contribution in [0.1, 0.15) is 37.4 Å². The van der Waals surface area contributed by atoms with Crippen molar-refractivity contribution < 1.29 is 0 Å². The van der Waals surface area contributed by atoms with Gasteiger partial charge < -0.3 is 4.90 Å². The van der Waals surface area contributed by atoms with Crippen molar-refractivity contribution in [2.24, 2.45) is 0 Å². The van der Waals surface area contributed by atoms with E-state index < -0.39 is 0 Å². The van der Waals surface area contributed by atoms with Crippen LogP contribution in [0.15, 0.2) is 12.3 Å². The summed E-state index contributed by atoms with van der Waals surface area (Å²) >= 11 is 0. The summed E-state index contributed by atoms with van der Waals surface area (Å²) in [4.78, 5) is 2.58. The number of aromatic nitrogens is 2. The highest BCUT2D eigenvalue weighted by atomic mass is 15.3. The summed E-state index contributed by atoms with van der Waals surface area (Å²) in [7, 11) is 2.28. The second-order valence-electron chi connectivity index (χ2n) is 5.11. The summed E-state index contributed by atoms with van der Waals surface area (Å²) in [5.41, 5.74) is 1.14. The lowest BCUT2D eigenvalue weighted by atomic mass is 9.98. The maximum atomic E-state index is 4.55. The molecule has 1 aromatic heterocycles. The van der Waals surface area contributed by atoms with Crippen LogP contribution in [0, 0.1) is 6.92 Å². The Labute approximate surface area is 91.1 Å². The van der Waals surface area contributed by atoms with Crippen LogP contribution in [-0.4, -0.2) is 33.8 Å². The van der Waals surface area contributed by atoms with Gasteiger partial charge in [-0.15, -0.1) is 0 Å². The maximum absolute atomic E-state index is 4.55. The number of fused-ring (bicyclic) bond motifs is 2. The van der Waals surface area contributed by atoms with E-state index in [9.17, 15) is 0 Å². The normalized spacial score (nSPS) is 36.0. The molecule has 3 heterocycles. The van der Waals surface area contributed by atoms with Crippen molar-refractivity contribution in [3.05, 3.63) is 18.0 Å². The largest absolute Gasteiger partial charge is 0.300 e. The molecule has 2 saturated heterocycles. The van der Waals surface area contributed by atoms with Crippen LogP contribution in [0.3, 0.4) is 0 Å². The van der Waals surface area contributed by atoms with Gasteiger partial charge in [0, 0.05) is 18.3 Å². The van der Waals surface area contributed by atoms with Gasteiger partial charge in [-0.3, -0.25) is 4.68 Å². The van der Waals surface area contributed by atoms with Crippen molar-refractivity contribution >= 4 is 0 Å². The molecule has 0 spiro atoms. The molecule has 0 N–H and O–H groups in total. The van der Waals surface area contributed by atoms with Crippen LogP contribution in [0.4, 0.5) is 0 Å². The van der Waals surface area contributed by atoms with Crippen molar-refractivity contribution in [1.82, 2.24) is 14.7 Å². The summed E-state index contributed by atoms with van der Waals surface area (Å²) in [6, 6.07) is 4.36. The van der Waals surface area contributed by atoms with E-state index in [2.05, 4.69) is 40.9 Å². The van der Waals surface area contributed by atoms with E-state index in [0.29, 0.717) is 6.04 Å². The standard InChI is InChI=1S/C12H19N3/c1-9-5-6-15(13-9)12-7-10-3-4-11(8-12)14(10)2/h5-6,10-12H,3-4,7-8H2,1-2H3. The molecule has 82 valence electrons. The number of hydrogen-bond acceptors (Lipinski definition) is 2. The number of aryl methyl sites for hydroxylation is 1. The first kappa shape index (κ1) is 9.40. The minimum atomic E-state index is 0.646. The molecule has 2 bridgehead atoms. The second-order valence-corrected chi connectivity index (χ2v) is 5.11. The summed E-state index contributed by atoms with van der Waals surface area (Å²) in [5.74, 6) is 0. The van der Waals surface area contributed by atoms with Gasteiger partial charge in [0.2, 0.25) is 0 Å². The minimum absolute atomic E-state index is 0.646. The Morgan fingerprint density at radius 3 is 2.40 bits per heavy atom. The van der Waals surface area contributed by atoms with E-state index in [-0.39, 0.29) is 0 Å². The molecule has 0 aliphatic carbocycles. The monoisotopic (exact) mass is 205 g/mol. The molecule has 2 atom stereocenters. The quantitative estimate of drug-likeness (QED) is 0.699. The number of piperidine rings is 1. The lowest BCUT2D eigenvalue weighted by Gasteiger charge is -2.36. The third-order valence-corrected chi connectivity index (χ3v) is 4.19. The third-order valence-electron chi connectivity index (χ3n) is 4.19. The first-order valence-electron chi connectivity index (χ1n) is 5.98. The van der Waals surface area contributed by atoms with Crippen molar-refractivity contribution in [2.75, 3.05) is 7.05 Å². The van der Waals surface area contributed by atoms with E-state index in [0.717, 1.165) is 17.8 Å². The molecule has 2 aliphatic heterocycles. The predicted octanol–water partition coefficient (Wildman–Crippen LogP) is 1.99. The van der Waals surface area contributed by atoms with Crippen LogP contribution in [0.5, 0.6) is 0 Å². The Morgan fingerprint density at radius 1 is 1.20 bits per heavy atom. The topological polar surface area (TPSA) is 21.1 Å². The summed E-state index contributed by atoms with van der Waals surface area (Å²) in [5, 5.41) is 4.55. The maximum Gasteiger partial charge on any atom is 0.0593 e. The highest BCUT2D eigenvalue weighted by Crippen LogP contribution is 2.39. The molecule has 2 aliphatic rings. The van der Waals surface area contributed by atoms with Gasteiger partial charge in [0.05, 0.1) is 11.7 Å². The van der Waals surface area contributed by atoms with E-state index in [4.69, 9.17) is 0 Å². The molecule has 0 radical (unpaired) electrons. The molecule has 1 aromatic rings. The first-order valence-corrected chi connectivity index (χ1v) is 5.98. The molecule has 0 amide bonds. The Hall–Kier alpha value is -0.830. The third kappa shape index (κ3) is 1.49. The first-order chi connectivity index (χ1) is 7.24. The Balaban J connectivity index is 1.80. The van der Waals surface area contributed by atoms with E-state index in [1.54, 1.807) is 0 Å². The van der Waals surface area contributed by atoms with Crippen molar-refractivity contribution in [3.8, 4) is 0 Å². The van der Waals surface area contributed by atoms with Crippen molar-refractivity contribution in [1.29, 1.82) is 0 Å². The molecule has 2 unspecified atom stereocenters. The highest BCUT2D eigenvalue weighted by Gasteiger charge is 2.39. The van der Waals surface area contributed by atoms with Gasteiger partial charge in [-0.1, -0.05) is 0 Å². The smallest absolute Gasteiger partial charge is 0.0593 e. The number of rotatable bonds is 1. The summed E-state index contributed by atoms with van der Waals surface area (Å²) in [6.07, 6.45) is 7.49. The molecule has 3 nitrogen and oxygen atoms in total. The van der Waals surface area contributed by atoms with Crippen molar-refractivity contribution in [3.63, 3.8) is 0 Å². The van der Waals surface area contributed by atoms with Crippen LogP contribution < -0.4 is 0 Å². The Bertz CT molecular complexity index is 344. The van der Waals surface area contributed by atoms with Crippen LogP contribution in [0.25, 0.3) is 0 Å². The van der Waals surface area contributed by atoms with Gasteiger partial charge in [-0.2, -0.15) is 5.10 Å². The number of hydrogen-bond donors (Lipinski definition) is 0. The van der Waals surface area contributed by atoms with Crippen LogP contribution in [-0.2, 0) is 0 Å². The van der Waals surface area contributed by atoms with E-state index in [1.165, 1.54) is 25.7 Å². The number of nitrogens with zero attached hydrogens (tertiary/aromatic N) is 3. The molecule has 3 heteroatoms. The lowest BCUT2D eigenvalue weighted by molar-refractivity contribution is 0.131. The van der Waals surface area contributed by atoms with Gasteiger partial charge in [-0.05, 0) is 45.7 Å². The minimum Gasteiger partial charge on any atom is -0.300 e. The summed E-state index contributed by atoms with van der Waals surface area (Å²) in [6.45, 7) is 2.07. The fourth-order valence-electron chi connectivity index (χ4n) is 3.24. The molecule has 3 rings (SSSR count). The molecule has 0 saturated carbocycles. The van der Waals surface area contributed by atoms with Gasteiger partial charge in [0.1, 0.15) is 0 Å². The second kappa shape index (κ2) is 3.34. The predicted molar refractivity (Wildman–Crippen MR) is 59.8 cm³/mol. The molecular formula is C12H19N3. The zero-order valence-corrected chi connectivity index (χ0v) is 9.56. The van der Waals surface area contributed by atoms with Crippen LogP contribution >= 0.6 is 0 Å². The van der Waals surface area contributed by atoms with Gasteiger partial charge in [0.15, 0.2) is 0 Å². The average molecular weight is 205 g/mol. The SMILES string of the molecule is Cc1ccn(C2CC3CCC(C2)N3C)n1. The summed E-state index contributed by atoms with van der Waals surface area (Å²) < 4.78 is 2.19. The van der Waals surface area contributed by atoms with E-state index in [1.807, 2.05) is 0 Å². The molecule has 0 aromatic carbocycles. The molecule has 2 fully saturated rings. The fraction of sp³-hybridized carbons (Fsp3) is 0.750. The highest BCUT2D eigenvalue weighted by molar-refractivity contribution is 5.00. The lowest BCUT2D eigenvalue weighted by Crippen LogP contribution is -2.40.